The number of amides is 1. The number of H-pyrrole nitrogens is 1. The highest BCUT2D eigenvalue weighted by atomic mass is 16.5. The molecule has 0 spiro atoms. The third-order valence-corrected chi connectivity index (χ3v) is 7.17. The highest BCUT2D eigenvalue weighted by molar-refractivity contribution is 5.99. The molecule has 1 saturated heterocycles. The van der Waals surface area contributed by atoms with E-state index in [2.05, 4.69) is 66.3 Å². The highest BCUT2D eigenvalue weighted by Gasteiger charge is 2.25. The van der Waals surface area contributed by atoms with Gasteiger partial charge in [-0.1, -0.05) is 12.1 Å². The van der Waals surface area contributed by atoms with Crippen LogP contribution >= 0.6 is 0 Å². The molecule has 7 heteroatoms. The van der Waals surface area contributed by atoms with Crippen molar-refractivity contribution < 1.29 is 9.53 Å². The molecule has 1 aliphatic heterocycles. The summed E-state index contributed by atoms with van der Waals surface area (Å²) in [5, 5.41) is 5.37. The first-order chi connectivity index (χ1) is 17.4. The second-order valence-corrected chi connectivity index (χ2v) is 10.1. The molecule has 2 aromatic heterocycles. The number of carbonyl (C=O) groups excluding carboxylic acids is 1. The van der Waals surface area contributed by atoms with Crippen LogP contribution in [0, 0.1) is 13.8 Å². The Morgan fingerprint density at radius 1 is 1.08 bits per heavy atom. The van der Waals surface area contributed by atoms with Crippen molar-refractivity contribution in [2.75, 3.05) is 20.1 Å². The van der Waals surface area contributed by atoms with Crippen molar-refractivity contribution in [2.24, 2.45) is 7.05 Å². The minimum atomic E-state index is 0.105. The predicted molar refractivity (Wildman–Crippen MR) is 142 cm³/mol. The van der Waals surface area contributed by atoms with Gasteiger partial charge in [0.05, 0.1) is 6.20 Å². The van der Waals surface area contributed by atoms with Crippen molar-refractivity contribution in [1.82, 2.24) is 24.6 Å². The number of likely N-dealkylation sites (tertiary alicyclic amines) is 1. The third kappa shape index (κ3) is 5.31. The molecule has 3 heterocycles. The van der Waals surface area contributed by atoms with Gasteiger partial charge in [0.1, 0.15) is 11.9 Å². The molecule has 188 valence electrons. The van der Waals surface area contributed by atoms with E-state index in [0.29, 0.717) is 13.1 Å². The Labute approximate surface area is 212 Å². The average Bonchev–Trinajstić information content (AvgIpc) is 3.41. The Kier molecular flexibility index (Phi) is 6.83. The standard InChI is InChI=1S/C29H35N5O2/c1-20-21(2)31-28-10-7-24(15-27(20)28)29(35)34-13-11-26(12-14-34)36-25-8-5-22(6-9-25)17-32(3)18-23-16-30-33(4)19-23/h5-10,15-16,19,26,31H,11-14,17-18H2,1-4H3. The molecule has 1 N–H and O–H groups in total. The van der Waals surface area contributed by atoms with E-state index in [9.17, 15) is 4.79 Å². The van der Waals surface area contributed by atoms with Gasteiger partial charge in [-0.25, -0.2) is 0 Å². The minimum absolute atomic E-state index is 0.105. The number of aromatic amines is 1. The summed E-state index contributed by atoms with van der Waals surface area (Å²) >= 11 is 0. The number of hydrogen-bond donors (Lipinski definition) is 1. The van der Waals surface area contributed by atoms with Crippen molar-refractivity contribution in [3.8, 4) is 5.75 Å². The fourth-order valence-electron chi connectivity index (χ4n) is 5.05. The molecule has 7 nitrogen and oxygen atoms in total. The molecule has 4 aromatic rings. The molecule has 0 atom stereocenters. The number of nitrogens with one attached hydrogen (secondary N) is 1. The quantitative estimate of drug-likeness (QED) is 0.407. The Morgan fingerprint density at radius 3 is 2.50 bits per heavy atom. The maximum absolute atomic E-state index is 13.1. The molecular weight excluding hydrogens is 450 g/mol. The lowest BCUT2D eigenvalue weighted by Gasteiger charge is -2.32. The van der Waals surface area contributed by atoms with Crippen LogP contribution in [0.4, 0.5) is 0 Å². The summed E-state index contributed by atoms with van der Waals surface area (Å²) in [7, 11) is 4.06. The van der Waals surface area contributed by atoms with Crippen LogP contribution in [0.3, 0.4) is 0 Å². The van der Waals surface area contributed by atoms with E-state index in [1.807, 2.05) is 41.0 Å². The van der Waals surface area contributed by atoms with Crippen molar-refractivity contribution >= 4 is 16.8 Å². The predicted octanol–water partition coefficient (Wildman–Crippen LogP) is 4.83. The zero-order chi connectivity index (χ0) is 25.2. The van der Waals surface area contributed by atoms with E-state index >= 15 is 0 Å². The van der Waals surface area contributed by atoms with Gasteiger partial charge in [-0.3, -0.25) is 14.4 Å². The van der Waals surface area contributed by atoms with Crippen LogP contribution in [-0.4, -0.2) is 56.7 Å². The molecule has 0 unspecified atom stereocenters. The lowest BCUT2D eigenvalue weighted by Crippen LogP contribution is -2.41. The number of ether oxygens (including phenoxy) is 1. The van der Waals surface area contributed by atoms with E-state index in [0.717, 1.165) is 53.8 Å². The number of piperidine rings is 1. The highest BCUT2D eigenvalue weighted by Crippen LogP contribution is 2.25. The zero-order valence-electron chi connectivity index (χ0n) is 21.6. The molecule has 1 amide bonds. The van der Waals surface area contributed by atoms with Gasteiger partial charge >= 0.3 is 0 Å². The third-order valence-electron chi connectivity index (χ3n) is 7.17. The number of carbonyl (C=O) groups is 1. The summed E-state index contributed by atoms with van der Waals surface area (Å²) in [6.45, 7) is 7.31. The van der Waals surface area contributed by atoms with Gasteiger partial charge < -0.3 is 14.6 Å². The number of nitrogens with zero attached hydrogens (tertiary/aromatic N) is 4. The van der Waals surface area contributed by atoms with Gasteiger partial charge in [-0.05, 0) is 62.4 Å². The zero-order valence-corrected chi connectivity index (χ0v) is 21.6. The van der Waals surface area contributed by atoms with E-state index in [1.165, 1.54) is 16.7 Å². The summed E-state index contributed by atoms with van der Waals surface area (Å²) in [6.07, 6.45) is 5.77. The molecule has 0 bridgehead atoms. The molecular formula is C29H35N5O2. The maximum atomic E-state index is 13.1. The molecule has 5 rings (SSSR count). The smallest absolute Gasteiger partial charge is 0.253 e. The fourth-order valence-corrected chi connectivity index (χ4v) is 5.05. The number of rotatable bonds is 7. The summed E-state index contributed by atoms with van der Waals surface area (Å²) in [5.74, 6) is 0.996. The second kappa shape index (κ2) is 10.2. The van der Waals surface area contributed by atoms with Crippen molar-refractivity contribution in [2.45, 2.75) is 45.9 Å². The van der Waals surface area contributed by atoms with Crippen LogP contribution in [-0.2, 0) is 20.1 Å². The van der Waals surface area contributed by atoms with E-state index in [4.69, 9.17) is 4.74 Å². The average molecular weight is 486 g/mol. The van der Waals surface area contributed by atoms with Crippen LogP contribution in [0.5, 0.6) is 5.75 Å². The lowest BCUT2D eigenvalue weighted by atomic mass is 10.0. The van der Waals surface area contributed by atoms with Crippen molar-refractivity contribution in [3.05, 3.63) is 82.8 Å². The van der Waals surface area contributed by atoms with Crippen LogP contribution in [0.2, 0.25) is 0 Å². The molecule has 2 aromatic carbocycles. The van der Waals surface area contributed by atoms with Gasteiger partial charge in [0.25, 0.3) is 5.91 Å². The molecule has 1 fully saturated rings. The summed E-state index contributed by atoms with van der Waals surface area (Å²) in [4.78, 5) is 20.7. The van der Waals surface area contributed by atoms with Crippen molar-refractivity contribution in [1.29, 1.82) is 0 Å². The Balaban J connectivity index is 1.11. The van der Waals surface area contributed by atoms with E-state index in [1.54, 1.807) is 0 Å². The first-order valence-electron chi connectivity index (χ1n) is 12.7. The summed E-state index contributed by atoms with van der Waals surface area (Å²) < 4.78 is 8.09. The van der Waals surface area contributed by atoms with Gasteiger partial charge in [-0.15, -0.1) is 0 Å². The first kappa shape index (κ1) is 24.1. The SMILES string of the molecule is Cc1[nH]c2ccc(C(=O)N3CCC(Oc4ccc(CN(C)Cc5cnn(C)c5)cc4)CC3)cc2c1C. The Hall–Kier alpha value is -3.58. The van der Waals surface area contributed by atoms with Gasteiger partial charge in [0.2, 0.25) is 0 Å². The Morgan fingerprint density at radius 2 is 1.81 bits per heavy atom. The minimum Gasteiger partial charge on any atom is -0.490 e. The maximum Gasteiger partial charge on any atom is 0.253 e. The molecule has 0 aliphatic carbocycles. The second-order valence-electron chi connectivity index (χ2n) is 10.1. The summed E-state index contributed by atoms with van der Waals surface area (Å²) in [5.41, 5.74) is 6.65. The topological polar surface area (TPSA) is 66.4 Å². The normalized spacial score (nSPS) is 14.6. The number of aryl methyl sites for hydroxylation is 3. The van der Waals surface area contributed by atoms with Gasteiger partial charge in [0, 0.05) is 80.0 Å². The fraction of sp³-hybridized carbons (Fsp3) is 0.379. The van der Waals surface area contributed by atoms with Crippen LogP contribution < -0.4 is 4.74 Å². The number of benzene rings is 2. The van der Waals surface area contributed by atoms with Gasteiger partial charge in [0.15, 0.2) is 0 Å². The molecule has 0 radical (unpaired) electrons. The van der Waals surface area contributed by atoms with Crippen molar-refractivity contribution in [3.63, 3.8) is 0 Å². The van der Waals surface area contributed by atoms with E-state index < -0.39 is 0 Å². The van der Waals surface area contributed by atoms with E-state index in [-0.39, 0.29) is 12.0 Å². The lowest BCUT2D eigenvalue weighted by molar-refractivity contribution is 0.0595. The molecule has 1 aliphatic rings. The first-order valence-corrected chi connectivity index (χ1v) is 12.7. The number of hydrogen-bond acceptors (Lipinski definition) is 4. The Bertz CT molecular complexity index is 1350. The molecule has 36 heavy (non-hydrogen) atoms. The van der Waals surface area contributed by atoms with Gasteiger partial charge in [-0.2, -0.15) is 5.10 Å². The number of fused-ring (bicyclic) bond motifs is 1. The van der Waals surface area contributed by atoms with Crippen LogP contribution in [0.25, 0.3) is 10.9 Å². The number of aromatic nitrogens is 3. The largest absolute Gasteiger partial charge is 0.490 e. The monoisotopic (exact) mass is 485 g/mol. The van der Waals surface area contributed by atoms with Crippen LogP contribution in [0.15, 0.2) is 54.9 Å². The summed E-state index contributed by atoms with van der Waals surface area (Å²) in [6, 6.07) is 14.3. The molecule has 0 saturated carbocycles. The van der Waals surface area contributed by atoms with Crippen LogP contribution in [0.1, 0.15) is 45.6 Å².